The van der Waals surface area contributed by atoms with Crippen LogP contribution in [0.3, 0.4) is 0 Å². The fraction of sp³-hybridized carbons (Fsp3) is 0.579. The largest absolute Gasteiger partial charge is 0.444 e. The Balaban J connectivity index is 0.00000841. The average Bonchev–Trinajstić information content (AvgIpc) is 2.61. The summed E-state index contributed by atoms with van der Waals surface area (Å²) in [6.45, 7) is 11.1. The molecule has 9 nitrogen and oxygen atoms in total. The van der Waals surface area contributed by atoms with Crippen LogP contribution in [0.1, 0.15) is 33.3 Å². The first-order valence-corrected chi connectivity index (χ1v) is 11.1. The van der Waals surface area contributed by atoms with E-state index in [4.69, 9.17) is 4.74 Å². The Hall–Kier alpha value is -1.60. The van der Waals surface area contributed by atoms with Crippen LogP contribution in [-0.2, 0) is 14.8 Å². The van der Waals surface area contributed by atoms with Gasteiger partial charge in [-0.1, -0.05) is 17.7 Å². The summed E-state index contributed by atoms with van der Waals surface area (Å²) in [4.78, 5) is 16.1. The van der Waals surface area contributed by atoms with Crippen LogP contribution in [0.15, 0.2) is 34.2 Å². The maximum atomic E-state index is 12.2. The van der Waals surface area contributed by atoms with Gasteiger partial charge in [0.2, 0.25) is 10.0 Å². The highest BCUT2D eigenvalue weighted by atomic mass is 127. The number of carbonyl (C=O) groups is 1. The van der Waals surface area contributed by atoms with Gasteiger partial charge in [-0.3, -0.25) is 4.99 Å². The number of ether oxygens (including phenoxy) is 1. The average molecular weight is 555 g/mol. The van der Waals surface area contributed by atoms with E-state index in [1.165, 1.54) is 0 Å². The predicted molar refractivity (Wildman–Crippen MR) is 130 cm³/mol. The summed E-state index contributed by atoms with van der Waals surface area (Å²) in [7, 11) is -3.55. The SMILES string of the molecule is CCNC(=NCCNS(=O)(=O)c1ccc(C)cc1)NCCNC(=O)OC(C)(C)C.I. The van der Waals surface area contributed by atoms with Gasteiger partial charge in [-0.15, -0.1) is 24.0 Å². The summed E-state index contributed by atoms with van der Waals surface area (Å²) < 4.78 is 32.2. The molecule has 0 heterocycles. The Morgan fingerprint density at radius 1 is 1.03 bits per heavy atom. The van der Waals surface area contributed by atoms with Crippen molar-refractivity contribution in [3.63, 3.8) is 0 Å². The number of aliphatic imine (C=N–C) groups is 1. The van der Waals surface area contributed by atoms with E-state index in [0.717, 1.165) is 5.56 Å². The van der Waals surface area contributed by atoms with Crippen molar-refractivity contribution in [1.82, 2.24) is 20.7 Å². The van der Waals surface area contributed by atoms with Gasteiger partial charge in [-0.25, -0.2) is 17.9 Å². The van der Waals surface area contributed by atoms with E-state index in [2.05, 4.69) is 25.7 Å². The number of guanidine groups is 1. The lowest BCUT2D eigenvalue weighted by molar-refractivity contribution is 0.0529. The van der Waals surface area contributed by atoms with Crippen molar-refractivity contribution in [2.24, 2.45) is 4.99 Å². The molecule has 4 N–H and O–H groups in total. The lowest BCUT2D eigenvalue weighted by Crippen LogP contribution is -2.42. The van der Waals surface area contributed by atoms with Gasteiger partial charge in [0.1, 0.15) is 5.60 Å². The van der Waals surface area contributed by atoms with Crippen molar-refractivity contribution in [1.29, 1.82) is 0 Å². The Labute approximate surface area is 196 Å². The minimum atomic E-state index is -3.55. The van der Waals surface area contributed by atoms with E-state index in [1.807, 2.05) is 13.8 Å². The van der Waals surface area contributed by atoms with Crippen LogP contribution in [0.2, 0.25) is 0 Å². The van der Waals surface area contributed by atoms with Crippen LogP contribution < -0.4 is 20.7 Å². The minimum absolute atomic E-state index is 0. The molecule has 0 saturated heterocycles. The number of hydrogen-bond acceptors (Lipinski definition) is 5. The zero-order chi connectivity index (χ0) is 21.9. The predicted octanol–water partition coefficient (Wildman–Crippen LogP) is 1.97. The minimum Gasteiger partial charge on any atom is -0.444 e. The molecule has 0 fully saturated rings. The normalized spacial score (nSPS) is 12.0. The van der Waals surface area contributed by atoms with Crippen molar-refractivity contribution < 1.29 is 17.9 Å². The number of halogens is 1. The number of amides is 1. The van der Waals surface area contributed by atoms with E-state index in [1.54, 1.807) is 45.0 Å². The smallest absolute Gasteiger partial charge is 0.407 e. The fourth-order valence-electron chi connectivity index (χ4n) is 2.15. The molecule has 0 aliphatic rings. The molecule has 11 heteroatoms. The molecule has 0 aliphatic heterocycles. The zero-order valence-electron chi connectivity index (χ0n) is 18.2. The molecule has 0 radical (unpaired) electrons. The number of rotatable bonds is 9. The van der Waals surface area contributed by atoms with Gasteiger partial charge in [-0.2, -0.15) is 0 Å². The van der Waals surface area contributed by atoms with Gasteiger partial charge in [-0.05, 0) is 46.8 Å². The molecule has 0 atom stereocenters. The van der Waals surface area contributed by atoms with Gasteiger partial charge in [0.25, 0.3) is 0 Å². The highest BCUT2D eigenvalue weighted by Gasteiger charge is 2.15. The maximum Gasteiger partial charge on any atom is 0.407 e. The quantitative estimate of drug-likeness (QED) is 0.160. The third kappa shape index (κ3) is 12.2. The highest BCUT2D eigenvalue weighted by molar-refractivity contribution is 14.0. The van der Waals surface area contributed by atoms with Crippen molar-refractivity contribution in [2.45, 2.75) is 45.1 Å². The van der Waals surface area contributed by atoms with Crippen molar-refractivity contribution >= 4 is 46.1 Å². The van der Waals surface area contributed by atoms with Gasteiger partial charge >= 0.3 is 6.09 Å². The van der Waals surface area contributed by atoms with Gasteiger partial charge in [0.05, 0.1) is 11.4 Å². The zero-order valence-corrected chi connectivity index (χ0v) is 21.4. The van der Waals surface area contributed by atoms with E-state index < -0.39 is 21.7 Å². The van der Waals surface area contributed by atoms with E-state index in [9.17, 15) is 13.2 Å². The highest BCUT2D eigenvalue weighted by Crippen LogP contribution is 2.09. The molecule has 30 heavy (non-hydrogen) atoms. The van der Waals surface area contributed by atoms with Gasteiger partial charge < -0.3 is 20.7 Å². The number of nitrogens with one attached hydrogen (secondary N) is 4. The molecule has 1 aromatic rings. The summed E-state index contributed by atoms with van der Waals surface area (Å²) in [5.41, 5.74) is 0.455. The molecule has 0 aromatic heterocycles. The number of benzene rings is 1. The van der Waals surface area contributed by atoms with Gasteiger partial charge in [0.15, 0.2) is 5.96 Å². The molecule has 172 valence electrons. The molecule has 1 amide bonds. The molecule has 1 aromatic carbocycles. The number of hydrogen-bond donors (Lipinski definition) is 4. The summed E-state index contributed by atoms with van der Waals surface area (Å²) >= 11 is 0. The van der Waals surface area contributed by atoms with Crippen molar-refractivity contribution in [3.8, 4) is 0 Å². The Morgan fingerprint density at radius 3 is 2.20 bits per heavy atom. The molecule has 0 bridgehead atoms. The number of nitrogens with zero attached hydrogens (tertiary/aromatic N) is 1. The second-order valence-corrected chi connectivity index (χ2v) is 9.09. The van der Waals surface area contributed by atoms with Gasteiger partial charge in [0, 0.05) is 26.2 Å². The molecular weight excluding hydrogens is 521 g/mol. The lowest BCUT2D eigenvalue weighted by Gasteiger charge is -2.19. The summed E-state index contributed by atoms with van der Waals surface area (Å²) in [5, 5.41) is 8.78. The van der Waals surface area contributed by atoms with Crippen LogP contribution in [0.25, 0.3) is 0 Å². The van der Waals surface area contributed by atoms with E-state index >= 15 is 0 Å². The Bertz CT molecular complexity index is 777. The van der Waals surface area contributed by atoms with Crippen LogP contribution >= 0.6 is 24.0 Å². The number of alkyl carbamates (subject to hydrolysis) is 1. The van der Waals surface area contributed by atoms with Crippen LogP contribution in [-0.4, -0.2) is 58.8 Å². The van der Waals surface area contributed by atoms with Crippen LogP contribution in [0.4, 0.5) is 4.79 Å². The van der Waals surface area contributed by atoms with E-state index in [0.29, 0.717) is 25.6 Å². The topological polar surface area (TPSA) is 121 Å². The van der Waals surface area contributed by atoms with Crippen molar-refractivity contribution in [3.05, 3.63) is 29.8 Å². The Morgan fingerprint density at radius 2 is 1.63 bits per heavy atom. The summed E-state index contributed by atoms with van der Waals surface area (Å²) in [6, 6.07) is 6.66. The third-order valence-corrected chi connectivity index (χ3v) is 4.91. The first kappa shape index (κ1) is 28.4. The van der Waals surface area contributed by atoms with E-state index in [-0.39, 0.29) is 42.0 Å². The first-order chi connectivity index (χ1) is 13.5. The number of carbonyl (C=O) groups excluding carboxylic acids is 1. The number of aryl methyl sites for hydroxylation is 1. The monoisotopic (exact) mass is 555 g/mol. The standard InChI is InChI=1S/C19H33N5O4S.HI/c1-6-20-17(21-11-12-23-18(25)28-19(3,4)5)22-13-14-24-29(26,27)16-9-7-15(2)8-10-16;/h7-10,24H,6,11-14H2,1-5H3,(H,23,25)(H2,20,21,22);1H. The molecule has 0 unspecified atom stereocenters. The molecule has 0 saturated carbocycles. The second kappa shape index (κ2) is 13.7. The number of sulfonamides is 1. The van der Waals surface area contributed by atoms with Crippen molar-refractivity contribution in [2.75, 3.05) is 32.7 Å². The third-order valence-electron chi connectivity index (χ3n) is 3.43. The van der Waals surface area contributed by atoms with Crippen LogP contribution in [0, 0.1) is 6.92 Å². The van der Waals surface area contributed by atoms with Crippen LogP contribution in [0.5, 0.6) is 0 Å². The maximum absolute atomic E-state index is 12.2. The molecule has 0 aliphatic carbocycles. The summed E-state index contributed by atoms with van der Waals surface area (Å²) in [5.74, 6) is 0.535. The summed E-state index contributed by atoms with van der Waals surface area (Å²) in [6.07, 6.45) is -0.480. The second-order valence-electron chi connectivity index (χ2n) is 7.33. The first-order valence-electron chi connectivity index (χ1n) is 9.59. The molecular formula is C19H34IN5O4S. The molecule has 0 spiro atoms. The fourth-order valence-corrected chi connectivity index (χ4v) is 3.17. The molecule has 1 rings (SSSR count). The lowest BCUT2D eigenvalue weighted by atomic mass is 10.2. The Kier molecular flexibility index (Phi) is 12.9.